The van der Waals surface area contributed by atoms with E-state index >= 15 is 0 Å². The number of hydrogen-bond acceptors (Lipinski definition) is 2. The van der Waals surface area contributed by atoms with E-state index in [-0.39, 0.29) is 0 Å². The summed E-state index contributed by atoms with van der Waals surface area (Å²) in [5.74, 6) is 1.71. The highest BCUT2D eigenvalue weighted by Gasteiger charge is 2.16. The lowest BCUT2D eigenvalue weighted by molar-refractivity contribution is 0.0837. The Morgan fingerprint density at radius 3 is 2.91 bits per heavy atom. The minimum atomic E-state index is 0.596. The van der Waals surface area contributed by atoms with E-state index in [0.717, 1.165) is 31.9 Å². The minimum Gasteiger partial charge on any atom is -0.381 e. The fourth-order valence-corrected chi connectivity index (χ4v) is 1.47. The second-order valence-electron chi connectivity index (χ2n) is 2.86. The van der Waals surface area contributed by atoms with Gasteiger partial charge in [-0.05, 0) is 12.8 Å². The lowest BCUT2D eigenvalue weighted by Crippen LogP contribution is -2.14. The summed E-state index contributed by atoms with van der Waals surface area (Å²) in [7, 11) is 0. The molecular formula is C8H12N2O. The molecule has 1 aliphatic heterocycles. The van der Waals surface area contributed by atoms with Crippen LogP contribution in [0, 0.1) is 0 Å². The number of H-pyrrole nitrogens is 1. The fraction of sp³-hybridized carbons (Fsp3) is 0.625. The van der Waals surface area contributed by atoms with E-state index in [9.17, 15) is 0 Å². The van der Waals surface area contributed by atoms with E-state index in [1.807, 2.05) is 12.4 Å². The van der Waals surface area contributed by atoms with E-state index in [0.29, 0.717) is 5.92 Å². The van der Waals surface area contributed by atoms with Crippen LogP contribution >= 0.6 is 0 Å². The van der Waals surface area contributed by atoms with Crippen LogP contribution in [0.15, 0.2) is 12.4 Å². The smallest absolute Gasteiger partial charge is 0.109 e. The molecule has 2 rings (SSSR count). The third-order valence-corrected chi connectivity index (χ3v) is 2.13. The number of ether oxygens (including phenoxy) is 1. The van der Waals surface area contributed by atoms with Gasteiger partial charge in [0.1, 0.15) is 5.82 Å². The molecular weight excluding hydrogens is 140 g/mol. The molecule has 0 aromatic carbocycles. The summed E-state index contributed by atoms with van der Waals surface area (Å²) in [5.41, 5.74) is 0. The second kappa shape index (κ2) is 3.05. The maximum atomic E-state index is 5.26. The van der Waals surface area contributed by atoms with Gasteiger partial charge in [-0.1, -0.05) is 0 Å². The van der Waals surface area contributed by atoms with Crippen LogP contribution in [0.4, 0.5) is 0 Å². The summed E-state index contributed by atoms with van der Waals surface area (Å²) in [6.07, 6.45) is 5.90. The molecule has 3 nitrogen and oxygen atoms in total. The maximum Gasteiger partial charge on any atom is 0.109 e. The standard InChI is InChI=1S/C8H12N2O/c1-5-11-6-2-7(1)8-9-3-4-10-8/h3-4,7H,1-2,5-6H2,(H,9,10). The maximum absolute atomic E-state index is 5.26. The van der Waals surface area contributed by atoms with Gasteiger partial charge in [-0.2, -0.15) is 0 Å². The first-order valence-electron chi connectivity index (χ1n) is 4.04. The normalized spacial score (nSPS) is 20.4. The minimum absolute atomic E-state index is 0.596. The number of aromatic amines is 1. The molecule has 0 aliphatic carbocycles. The average molecular weight is 152 g/mol. The molecule has 60 valence electrons. The molecule has 1 aromatic heterocycles. The zero-order valence-corrected chi connectivity index (χ0v) is 6.42. The Bertz CT molecular complexity index is 202. The lowest BCUT2D eigenvalue weighted by atomic mass is 10.00. The molecule has 2 heterocycles. The van der Waals surface area contributed by atoms with Crippen LogP contribution in [0.3, 0.4) is 0 Å². The molecule has 0 spiro atoms. The number of rotatable bonds is 1. The van der Waals surface area contributed by atoms with Crippen LogP contribution in [0.5, 0.6) is 0 Å². The van der Waals surface area contributed by atoms with Gasteiger partial charge in [0.05, 0.1) is 0 Å². The summed E-state index contributed by atoms with van der Waals surface area (Å²) in [6, 6.07) is 0. The summed E-state index contributed by atoms with van der Waals surface area (Å²) in [4.78, 5) is 7.37. The van der Waals surface area contributed by atoms with Gasteiger partial charge in [-0.3, -0.25) is 0 Å². The molecule has 3 heteroatoms. The number of imidazole rings is 1. The topological polar surface area (TPSA) is 37.9 Å². The third kappa shape index (κ3) is 1.43. The Hall–Kier alpha value is -0.830. The molecule has 0 radical (unpaired) electrons. The van der Waals surface area contributed by atoms with Gasteiger partial charge < -0.3 is 9.72 Å². The zero-order valence-electron chi connectivity index (χ0n) is 6.42. The quantitative estimate of drug-likeness (QED) is 0.658. The van der Waals surface area contributed by atoms with Crippen molar-refractivity contribution in [2.45, 2.75) is 18.8 Å². The van der Waals surface area contributed by atoms with Crippen molar-refractivity contribution in [3.8, 4) is 0 Å². The Morgan fingerprint density at radius 2 is 2.27 bits per heavy atom. The van der Waals surface area contributed by atoms with Crippen molar-refractivity contribution in [1.82, 2.24) is 9.97 Å². The van der Waals surface area contributed by atoms with Crippen molar-refractivity contribution >= 4 is 0 Å². The summed E-state index contributed by atoms with van der Waals surface area (Å²) < 4.78 is 5.26. The second-order valence-corrected chi connectivity index (χ2v) is 2.86. The van der Waals surface area contributed by atoms with Crippen LogP contribution in [-0.4, -0.2) is 23.2 Å². The van der Waals surface area contributed by atoms with Gasteiger partial charge in [0.15, 0.2) is 0 Å². The first-order chi connectivity index (χ1) is 5.47. The monoisotopic (exact) mass is 152 g/mol. The zero-order chi connectivity index (χ0) is 7.52. The summed E-state index contributed by atoms with van der Waals surface area (Å²) in [5, 5.41) is 0. The van der Waals surface area contributed by atoms with Crippen molar-refractivity contribution in [3.63, 3.8) is 0 Å². The predicted molar refractivity (Wildman–Crippen MR) is 41.4 cm³/mol. The van der Waals surface area contributed by atoms with Gasteiger partial charge >= 0.3 is 0 Å². The molecule has 0 saturated carbocycles. The Labute approximate surface area is 65.8 Å². The lowest BCUT2D eigenvalue weighted by Gasteiger charge is -2.19. The van der Waals surface area contributed by atoms with Gasteiger partial charge in [-0.25, -0.2) is 4.98 Å². The largest absolute Gasteiger partial charge is 0.381 e. The first kappa shape index (κ1) is 6.85. The fourth-order valence-electron chi connectivity index (χ4n) is 1.47. The van der Waals surface area contributed by atoms with E-state index in [4.69, 9.17) is 4.74 Å². The molecule has 0 unspecified atom stereocenters. The van der Waals surface area contributed by atoms with Crippen molar-refractivity contribution in [1.29, 1.82) is 0 Å². The summed E-state index contributed by atoms with van der Waals surface area (Å²) in [6.45, 7) is 1.76. The Balaban J connectivity index is 2.04. The first-order valence-corrected chi connectivity index (χ1v) is 4.04. The van der Waals surface area contributed by atoms with Gasteiger partial charge in [0.2, 0.25) is 0 Å². The molecule has 0 atom stereocenters. The molecule has 11 heavy (non-hydrogen) atoms. The number of nitrogens with one attached hydrogen (secondary N) is 1. The van der Waals surface area contributed by atoms with Gasteiger partial charge in [0, 0.05) is 31.5 Å². The molecule has 0 bridgehead atoms. The number of aromatic nitrogens is 2. The average Bonchev–Trinajstić information content (AvgIpc) is 2.58. The van der Waals surface area contributed by atoms with Crippen LogP contribution in [0.25, 0.3) is 0 Å². The van der Waals surface area contributed by atoms with Gasteiger partial charge in [0.25, 0.3) is 0 Å². The van der Waals surface area contributed by atoms with Crippen molar-refractivity contribution in [3.05, 3.63) is 18.2 Å². The van der Waals surface area contributed by atoms with Crippen molar-refractivity contribution in [2.24, 2.45) is 0 Å². The highest BCUT2D eigenvalue weighted by atomic mass is 16.5. The van der Waals surface area contributed by atoms with E-state index in [2.05, 4.69) is 9.97 Å². The molecule has 1 fully saturated rings. The molecule has 0 amide bonds. The highest BCUT2D eigenvalue weighted by molar-refractivity contribution is 4.97. The molecule has 1 aliphatic rings. The van der Waals surface area contributed by atoms with Gasteiger partial charge in [-0.15, -0.1) is 0 Å². The number of nitrogens with zero attached hydrogens (tertiary/aromatic N) is 1. The van der Waals surface area contributed by atoms with Crippen LogP contribution in [0.1, 0.15) is 24.6 Å². The van der Waals surface area contributed by atoms with Crippen LogP contribution in [-0.2, 0) is 4.74 Å². The SMILES string of the molecule is c1c[nH]c(C2CCOCC2)n1. The molecule has 1 aromatic rings. The van der Waals surface area contributed by atoms with Crippen LogP contribution in [0.2, 0.25) is 0 Å². The highest BCUT2D eigenvalue weighted by Crippen LogP contribution is 2.23. The van der Waals surface area contributed by atoms with E-state index < -0.39 is 0 Å². The molecule has 1 saturated heterocycles. The van der Waals surface area contributed by atoms with Crippen molar-refractivity contribution < 1.29 is 4.74 Å². The van der Waals surface area contributed by atoms with Crippen molar-refractivity contribution in [2.75, 3.05) is 13.2 Å². The van der Waals surface area contributed by atoms with E-state index in [1.165, 1.54) is 0 Å². The summed E-state index contributed by atoms with van der Waals surface area (Å²) >= 11 is 0. The predicted octanol–water partition coefficient (Wildman–Crippen LogP) is 1.30. The molecule has 1 N–H and O–H groups in total. The third-order valence-electron chi connectivity index (χ3n) is 2.13. The van der Waals surface area contributed by atoms with Crippen LogP contribution < -0.4 is 0 Å². The Morgan fingerprint density at radius 1 is 1.45 bits per heavy atom. The van der Waals surface area contributed by atoms with E-state index in [1.54, 1.807) is 0 Å². The Kier molecular flexibility index (Phi) is 1.90. The number of hydrogen-bond donors (Lipinski definition) is 1.